The van der Waals surface area contributed by atoms with E-state index in [9.17, 15) is 0 Å². The molecule has 0 aliphatic carbocycles. The Balaban J connectivity index is -0.0000000321. The number of aliphatic hydroxyl groups is 1. The van der Waals surface area contributed by atoms with E-state index in [0.29, 0.717) is 0 Å². The van der Waals surface area contributed by atoms with Crippen LogP contribution in [0.3, 0.4) is 0 Å². The van der Waals surface area contributed by atoms with Gasteiger partial charge in [0.15, 0.2) is 0 Å². The quantitative estimate of drug-likeness (QED) is 0.139. The summed E-state index contributed by atoms with van der Waals surface area (Å²) in [5.74, 6) is 0. The minimum absolute atomic E-state index is 0. The van der Waals surface area contributed by atoms with E-state index in [4.69, 9.17) is 57.7 Å². The Labute approximate surface area is 153 Å². The topological polar surface area (TPSA) is 261 Å². The second-order valence-electron chi connectivity index (χ2n) is 1.54. The molecule has 0 aromatic rings. The van der Waals surface area contributed by atoms with Crippen LogP contribution in [-0.2, 0) is 31.2 Å². The maximum Gasteiger partial charge on any atom is 3.00 e. The van der Waals surface area contributed by atoms with E-state index < -0.39 is 31.2 Å². The molecular weight excluding hydrogens is 746 g/mol. The van der Waals surface area contributed by atoms with Crippen LogP contribution in [0.15, 0.2) is 0 Å². The summed E-state index contributed by atoms with van der Waals surface area (Å²) in [7, 11) is -15.5. The summed E-state index contributed by atoms with van der Waals surface area (Å²) in [5.41, 5.74) is 0. The van der Waals surface area contributed by atoms with Crippen LogP contribution >= 0.6 is 0 Å². The molecule has 1 N–H and O–H groups in total. The molecule has 18 heteroatoms. The monoisotopic (exact) mass is 752 g/mol. The number of aliphatic hydroxyl groups excluding tert-OH is 1. The summed E-state index contributed by atoms with van der Waals surface area (Å²) < 4.78 is 102. The maximum atomic E-state index is 8.52. The molecule has 0 aliphatic rings. The van der Waals surface area contributed by atoms with Crippen molar-refractivity contribution in [2.45, 2.75) is 6.92 Å². The molecule has 0 aromatic carbocycles. The van der Waals surface area contributed by atoms with E-state index >= 15 is 0 Å². The van der Waals surface area contributed by atoms with Gasteiger partial charge < -0.3 is 32.4 Å². The van der Waals surface area contributed by atoms with Gasteiger partial charge in [-0.25, -0.2) is 0 Å². The number of hydrogen-bond acceptors (Lipinski definition) is 13. The number of hydrogen-bond donors (Lipinski definition) is 1. The Bertz CT molecular complexity index is 364. The average Bonchev–Trinajstić information content (AvgIpc) is 1.71. The van der Waals surface area contributed by atoms with E-state index in [1.807, 2.05) is 0 Å². The smallest absolute Gasteiger partial charge is 0.759 e. The zero-order valence-electron chi connectivity index (χ0n) is 9.17. The van der Waals surface area contributed by atoms with Crippen LogP contribution < -0.4 is 0 Å². The van der Waals surface area contributed by atoms with Crippen LogP contribution in [0.5, 0.6) is 0 Å². The Morgan fingerprint density at radius 1 is 0.650 bits per heavy atom. The minimum atomic E-state index is -5.17. The van der Waals surface area contributed by atoms with E-state index in [1.165, 1.54) is 0 Å². The van der Waals surface area contributed by atoms with Gasteiger partial charge in [0.2, 0.25) is 0 Å². The summed E-state index contributed by atoms with van der Waals surface area (Å²) >= 11 is 0. The summed E-state index contributed by atoms with van der Waals surface area (Å²) in [5, 5.41) is 7.57. The van der Waals surface area contributed by atoms with Crippen LogP contribution in [0.2, 0.25) is 0 Å². The van der Waals surface area contributed by atoms with E-state index in [2.05, 4.69) is 0 Å². The van der Waals surface area contributed by atoms with Crippen LogP contribution in [0, 0.1) is 0 Å². The van der Waals surface area contributed by atoms with Crippen LogP contribution in [0.25, 0.3) is 0 Å². The normalized spacial score (nSPS) is 9.60. The molecule has 0 heterocycles. The molecule has 4 radical (unpaired) electrons. The molecule has 0 atom stereocenters. The van der Waals surface area contributed by atoms with Crippen molar-refractivity contribution in [3.8, 4) is 0 Å². The molecular formula is C2H6Bi2O13S3. The Morgan fingerprint density at radius 3 is 0.650 bits per heavy atom. The maximum absolute atomic E-state index is 8.52. The summed E-state index contributed by atoms with van der Waals surface area (Å²) in [6.45, 7) is 1.93. The molecule has 0 saturated heterocycles. The Kier molecular flexibility index (Phi) is 34.5. The molecule has 0 saturated carbocycles. The van der Waals surface area contributed by atoms with Gasteiger partial charge in [-0.1, -0.05) is 0 Å². The molecule has 0 aliphatic heterocycles. The molecule has 0 fully saturated rings. The predicted octanol–water partition coefficient (Wildman–Crippen LogP) is -4.78. The van der Waals surface area contributed by atoms with Gasteiger partial charge in [0.05, 0.1) is 0 Å². The van der Waals surface area contributed by atoms with Gasteiger partial charge in [0, 0.05) is 37.8 Å². The van der Waals surface area contributed by atoms with E-state index in [-0.39, 0.29) is 59.0 Å². The van der Waals surface area contributed by atoms with E-state index in [1.54, 1.807) is 6.92 Å². The summed E-state index contributed by atoms with van der Waals surface area (Å²) in [4.78, 5) is 0. The third kappa shape index (κ3) is 3640. The SMILES string of the molecule is CCO.O=S(=O)([O-])[O-].O=S(=O)([O-])[O-].O=S(=O)([O-])[O-].[Bi+3].[Bi+3]. The van der Waals surface area contributed by atoms with Gasteiger partial charge >= 0.3 is 52.4 Å². The first kappa shape index (κ1) is 37.5. The molecule has 0 amide bonds. The van der Waals surface area contributed by atoms with Gasteiger partial charge in [-0.15, -0.1) is 0 Å². The Morgan fingerprint density at radius 2 is 0.650 bits per heavy atom. The van der Waals surface area contributed by atoms with Crippen molar-refractivity contribution in [2.75, 3.05) is 6.61 Å². The number of rotatable bonds is 0. The standard InChI is InChI=1S/C2H6O.2Bi.3H2O4S/c1-2-3;;;3*1-5(2,3)4/h3H,2H2,1H3;;;3*(H2,1,2,3,4)/q;2*+3;;;/p-6. The first-order chi connectivity index (χ1) is 7.41. The molecule has 120 valence electrons. The van der Waals surface area contributed by atoms with Gasteiger partial charge in [0.25, 0.3) is 0 Å². The first-order valence-electron chi connectivity index (χ1n) is 3.02. The van der Waals surface area contributed by atoms with Gasteiger partial charge in [-0.05, 0) is 6.92 Å². The van der Waals surface area contributed by atoms with Gasteiger partial charge in [0.1, 0.15) is 0 Å². The molecule has 13 nitrogen and oxygen atoms in total. The fraction of sp³-hybridized carbons (Fsp3) is 1.00. The average molecular weight is 752 g/mol. The third-order valence-corrected chi connectivity index (χ3v) is 0. The minimum Gasteiger partial charge on any atom is -0.759 e. The second-order valence-corrected chi connectivity index (χ2v) is 3.99. The zero-order valence-corrected chi connectivity index (χ0v) is 18.6. The van der Waals surface area contributed by atoms with Crippen molar-refractivity contribution in [1.82, 2.24) is 0 Å². The molecule has 20 heavy (non-hydrogen) atoms. The molecule has 0 bridgehead atoms. The molecule has 0 spiro atoms. The fourth-order valence-electron chi connectivity index (χ4n) is 0. The predicted molar refractivity (Wildman–Crippen MR) is 55.7 cm³/mol. The van der Waals surface area contributed by atoms with E-state index in [0.717, 1.165) is 0 Å². The van der Waals surface area contributed by atoms with Gasteiger partial charge in [-0.3, -0.25) is 25.3 Å². The summed E-state index contributed by atoms with van der Waals surface area (Å²) in [6, 6.07) is 0. The van der Waals surface area contributed by atoms with Crippen LogP contribution in [0.4, 0.5) is 0 Å². The molecule has 0 rings (SSSR count). The van der Waals surface area contributed by atoms with Crippen molar-refractivity contribution in [1.29, 1.82) is 0 Å². The van der Waals surface area contributed by atoms with Crippen molar-refractivity contribution in [3.63, 3.8) is 0 Å². The first-order valence-corrected chi connectivity index (χ1v) is 7.02. The Hall–Kier alpha value is 1.34. The third-order valence-electron chi connectivity index (χ3n) is 0. The van der Waals surface area contributed by atoms with Crippen molar-refractivity contribution < 1.29 is 57.7 Å². The van der Waals surface area contributed by atoms with Gasteiger partial charge in [-0.2, -0.15) is 0 Å². The van der Waals surface area contributed by atoms with Crippen LogP contribution in [-0.4, -0.2) is 117 Å². The zero-order chi connectivity index (χ0) is 16.2. The van der Waals surface area contributed by atoms with Crippen molar-refractivity contribution in [3.05, 3.63) is 0 Å². The second kappa shape index (κ2) is 18.4. The summed E-state index contributed by atoms with van der Waals surface area (Å²) in [6.07, 6.45) is 0. The van der Waals surface area contributed by atoms with Crippen LogP contribution in [0.1, 0.15) is 6.92 Å². The van der Waals surface area contributed by atoms with Crippen molar-refractivity contribution >= 4 is 83.6 Å². The largest absolute Gasteiger partial charge is 3.00 e. The van der Waals surface area contributed by atoms with Crippen molar-refractivity contribution in [2.24, 2.45) is 0 Å². The molecule has 0 aromatic heterocycles. The fourth-order valence-corrected chi connectivity index (χ4v) is 0. The molecule has 0 unspecified atom stereocenters.